The number of nitrogens with one attached hydrogen (secondary N) is 4. The van der Waals surface area contributed by atoms with Gasteiger partial charge in [-0.05, 0) is 42.5 Å². The van der Waals surface area contributed by atoms with E-state index in [2.05, 4.69) is 30.3 Å². The highest BCUT2D eigenvalue weighted by Gasteiger charge is 2.24. The second-order valence-corrected chi connectivity index (χ2v) is 10.0. The van der Waals surface area contributed by atoms with Gasteiger partial charge in [0.15, 0.2) is 0 Å². The molecular formula is C27H33N5O7. The van der Waals surface area contributed by atoms with Crippen LogP contribution < -0.4 is 16.2 Å². The van der Waals surface area contributed by atoms with E-state index in [9.17, 15) is 24.0 Å². The van der Waals surface area contributed by atoms with E-state index in [0.29, 0.717) is 29.4 Å². The van der Waals surface area contributed by atoms with E-state index >= 15 is 0 Å². The summed E-state index contributed by atoms with van der Waals surface area (Å²) in [4.78, 5) is 71.0. The molecule has 39 heavy (non-hydrogen) atoms. The average molecular weight is 540 g/mol. The van der Waals surface area contributed by atoms with Gasteiger partial charge in [-0.25, -0.2) is 4.79 Å². The number of methoxy groups -OCH3 is 2. The zero-order valence-corrected chi connectivity index (χ0v) is 22.6. The van der Waals surface area contributed by atoms with E-state index in [0.717, 1.165) is 11.1 Å². The molecule has 3 rings (SSSR count). The van der Waals surface area contributed by atoms with Gasteiger partial charge in [-0.1, -0.05) is 32.9 Å². The second-order valence-electron chi connectivity index (χ2n) is 10.0. The molecule has 0 aliphatic rings. The summed E-state index contributed by atoms with van der Waals surface area (Å²) in [5, 5.41) is 5.64. The molecule has 2 amide bonds. The number of fused-ring (bicyclic) bond motifs is 1. The predicted octanol–water partition coefficient (Wildman–Crippen LogP) is 2.25. The normalized spacial score (nSPS) is 12.0. The van der Waals surface area contributed by atoms with Crippen LogP contribution in [0.5, 0.6) is 0 Å². The monoisotopic (exact) mass is 539 g/mol. The molecule has 12 heteroatoms. The molecule has 0 aliphatic heterocycles. The fourth-order valence-corrected chi connectivity index (χ4v) is 3.75. The zero-order chi connectivity index (χ0) is 28.7. The van der Waals surface area contributed by atoms with Crippen molar-refractivity contribution in [3.05, 3.63) is 57.5 Å². The molecule has 0 saturated carbocycles. The van der Waals surface area contributed by atoms with E-state index in [1.54, 1.807) is 51.2 Å². The molecular weight excluding hydrogens is 506 g/mol. The number of ether oxygens (including phenoxy) is 2. The van der Waals surface area contributed by atoms with Gasteiger partial charge in [0.25, 0.3) is 11.5 Å². The largest absolute Gasteiger partial charge is 0.469 e. The van der Waals surface area contributed by atoms with Gasteiger partial charge in [-0.2, -0.15) is 4.98 Å². The summed E-state index contributed by atoms with van der Waals surface area (Å²) >= 11 is 0. The maximum atomic E-state index is 12.7. The first-order chi connectivity index (χ1) is 18.4. The smallest absolute Gasteiger partial charge is 0.328 e. The third-order valence-electron chi connectivity index (χ3n) is 6.09. The molecule has 4 N–H and O–H groups in total. The molecule has 12 nitrogen and oxygen atoms in total. The number of esters is 2. The lowest BCUT2D eigenvalue weighted by atomic mass is 9.96. The van der Waals surface area contributed by atoms with Crippen LogP contribution in [-0.2, 0) is 36.7 Å². The Hall–Kier alpha value is -4.48. The van der Waals surface area contributed by atoms with Crippen LogP contribution in [0.1, 0.15) is 55.1 Å². The zero-order valence-electron chi connectivity index (χ0n) is 22.6. The van der Waals surface area contributed by atoms with E-state index in [1.165, 1.54) is 14.2 Å². The van der Waals surface area contributed by atoms with Gasteiger partial charge in [0.1, 0.15) is 11.7 Å². The number of carbonyl (C=O) groups excluding carboxylic acids is 4. The number of nitrogens with zero attached hydrogens (tertiary/aromatic N) is 1. The molecule has 0 bridgehead atoms. The molecule has 2 heterocycles. The second kappa shape index (κ2) is 12.4. The molecule has 3 aromatic rings. The highest BCUT2D eigenvalue weighted by Crippen LogP contribution is 2.19. The van der Waals surface area contributed by atoms with Gasteiger partial charge < -0.3 is 19.8 Å². The van der Waals surface area contributed by atoms with Crippen molar-refractivity contribution in [1.29, 1.82) is 0 Å². The van der Waals surface area contributed by atoms with Crippen LogP contribution in [0, 0.1) is 5.41 Å². The summed E-state index contributed by atoms with van der Waals surface area (Å²) in [5.74, 6) is -1.82. The number of aryl methyl sites for hydroxylation is 2. The molecule has 0 unspecified atom stereocenters. The minimum atomic E-state index is -0.989. The van der Waals surface area contributed by atoms with Gasteiger partial charge >= 0.3 is 11.9 Å². The van der Waals surface area contributed by atoms with Gasteiger partial charge in [-0.3, -0.25) is 29.5 Å². The number of anilines is 1. The van der Waals surface area contributed by atoms with Crippen molar-refractivity contribution in [3.63, 3.8) is 0 Å². The number of benzene rings is 1. The van der Waals surface area contributed by atoms with Crippen LogP contribution in [0.4, 0.5) is 5.95 Å². The van der Waals surface area contributed by atoms with Crippen LogP contribution >= 0.6 is 0 Å². The molecule has 2 aromatic heterocycles. The molecule has 208 valence electrons. The fraction of sp³-hybridized carbons (Fsp3) is 0.407. The summed E-state index contributed by atoms with van der Waals surface area (Å²) < 4.78 is 9.30. The highest BCUT2D eigenvalue weighted by atomic mass is 16.5. The quantitative estimate of drug-likeness (QED) is 0.284. The maximum Gasteiger partial charge on any atom is 0.328 e. The van der Waals surface area contributed by atoms with Crippen LogP contribution in [0.15, 0.2) is 35.3 Å². The first-order valence-corrected chi connectivity index (χ1v) is 12.4. The lowest BCUT2D eigenvalue weighted by Gasteiger charge is -2.16. The standard InChI is InChI=1S/C27H33N5O7/c1-27(2,3)25(37)32-26-30-21-20(23(35)31-26)17(14-28-21)11-8-15-6-9-16(10-7-15)22(34)29-18(24(36)39-5)12-13-19(33)38-4/h6-7,9-10,14,18H,8,11-13H2,1-5H3,(H,29,34)(H3,28,30,31,32,35,37)/t18-/m0/s1. The van der Waals surface area contributed by atoms with E-state index in [1.807, 2.05) is 0 Å². The summed E-state index contributed by atoms with van der Waals surface area (Å²) in [6.07, 6.45) is 2.83. The van der Waals surface area contributed by atoms with Crippen molar-refractivity contribution in [2.75, 3.05) is 19.5 Å². The number of hydrogen-bond donors (Lipinski definition) is 4. The van der Waals surface area contributed by atoms with E-state index in [-0.39, 0.29) is 30.3 Å². The van der Waals surface area contributed by atoms with Crippen LogP contribution in [-0.4, -0.2) is 59.0 Å². The lowest BCUT2D eigenvalue weighted by Crippen LogP contribution is -2.41. The third kappa shape index (κ3) is 7.53. The van der Waals surface area contributed by atoms with Crippen molar-refractivity contribution >= 4 is 40.7 Å². The van der Waals surface area contributed by atoms with Crippen molar-refractivity contribution in [2.24, 2.45) is 5.41 Å². The van der Waals surface area contributed by atoms with Gasteiger partial charge in [0, 0.05) is 23.6 Å². The number of aromatic amines is 2. The van der Waals surface area contributed by atoms with Crippen molar-refractivity contribution in [2.45, 2.75) is 52.5 Å². The number of aromatic nitrogens is 3. The maximum absolute atomic E-state index is 12.7. The Balaban J connectivity index is 1.65. The van der Waals surface area contributed by atoms with E-state index in [4.69, 9.17) is 4.74 Å². The summed E-state index contributed by atoms with van der Waals surface area (Å²) in [7, 11) is 2.45. The fourth-order valence-electron chi connectivity index (χ4n) is 3.75. The molecule has 1 aromatic carbocycles. The molecule has 0 radical (unpaired) electrons. The minimum Gasteiger partial charge on any atom is -0.469 e. The van der Waals surface area contributed by atoms with Crippen molar-refractivity contribution in [1.82, 2.24) is 20.3 Å². The summed E-state index contributed by atoms with van der Waals surface area (Å²) in [5.41, 5.74) is 1.40. The number of hydrogen-bond acceptors (Lipinski definition) is 8. The first kappa shape index (κ1) is 29.1. The van der Waals surface area contributed by atoms with Gasteiger partial charge in [0.2, 0.25) is 11.9 Å². The van der Waals surface area contributed by atoms with Crippen LogP contribution in [0.3, 0.4) is 0 Å². The summed E-state index contributed by atoms with van der Waals surface area (Å²) in [6.45, 7) is 5.28. The summed E-state index contributed by atoms with van der Waals surface area (Å²) in [6, 6.07) is 5.85. The van der Waals surface area contributed by atoms with Gasteiger partial charge in [-0.15, -0.1) is 0 Å². The van der Waals surface area contributed by atoms with Crippen LogP contribution in [0.2, 0.25) is 0 Å². The lowest BCUT2D eigenvalue weighted by molar-refractivity contribution is -0.144. The van der Waals surface area contributed by atoms with Crippen LogP contribution in [0.25, 0.3) is 11.0 Å². The first-order valence-electron chi connectivity index (χ1n) is 12.4. The molecule has 0 aliphatic carbocycles. The van der Waals surface area contributed by atoms with Gasteiger partial charge in [0.05, 0.1) is 19.6 Å². The number of rotatable bonds is 10. The third-order valence-corrected chi connectivity index (χ3v) is 6.09. The Morgan fingerprint density at radius 2 is 1.72 bits per heavy atom. The highest BCUT2D eigenvalue weighted by molar-refractivity contribution is 5.97. The Labute approximate surface area is 224 Å². The average Bonchev–Trinajstić information content (AvgIpc) is 3.32. The van der Waals surface area contributed by atoms with E-state index < -0.39 is 29.3 Å². The van der Waals surface area contributed by atoms with Crippen molar-refractivity contribution in [3.8, 4) is 0 Å². The number of H-pyrrole nitrogens is 2. The molecule has 1 atom stereocenters. The predicted molar refractivity (Wildman–Crippen MR) is 143 cm³/mol. The Kier molecular flexibility index (Phi) is 9.23. The number of amides is 2. The molecule has 0 saturated heterocycles. The SMILES string of the molecule is COC(=O)CC[C@H](NC(=O)c1ccc(CCc2c[nH]c3nc(NC(=O)C(C)(C)C)[nH]c(=O)c23)cc1)C(=O)OC. The minimum absolute atomic E-state index is 0.0471. The van der Waals surface area contributed by atoms with Crippen molar-refractivity contribution < 1.29 is 28.7 Å². The Morgan fingerprint density at radius 1 is 1.03 bits per heavy atom. The molecule has 0 spiro atoms. The molecule has 0 fully saturated rings. The Morgan fingerprint density at radius 3 is 2.33 bits per heavy atom. The topological polar surface area (TPSA) is 172 Å². The number of carbonyl (C=O) groups is 4. The Bertz CT molecular complexity index is 1420.